The summed E-state index contributed by atoms with van der Waals surface area (Å²) in [6, 6.07) is 17.2. The predicted octanol–water partition coefficient (Wildman–Crippen LogP) is 3.97. The molecule has 2 aliphatic heterocycles. The number of hydrogen-bond acceptors (Lipinski definition) is 7. The minimum Gasteiger partial charge on any atom is -0.379 e. The Morgan fingerprint density at radius 1 is 0.974 bits per heavy atom. The largest absolute Gasteiger partial charge is 0.379 e. The summed E-state index contributed by atoms with van der Waals surface area (Å²) in [5.74, 6) is 0. The molecule has 0 aliphatic carbocycles. The second kappa shape index (κ2) is 12.2. The first-order valence-electron chi connectivity index (χ1n) is 13.2. The van der Waals surface area contributed by atoms with Crippen molar-refractivity contribution in [1.82, 2.24) is 13.8 Å². The third-order valence-electron chi connectivity index (χ3n) is 6.89. The Kier molecular flexibility index (Phi) is 8.77. The maximum Gasteiger partial charge on any atom is 0.243 e. The van der Waals surface area contributed by atoms with Gasteiger partial charge in [-0.3, -0.25) is 4.90 Å². The van der Waals surface area contributed by atoms with Gasteiger partial charge < -0.3 is 14.0 Å². The van der Waals surface area contributed by atoms with Crippen molar-refractivity contribution in [2.24, 2.45) is 4.99 Å². The van der Waals surface area contributed by atoms with E-state index in [0.29, 0.717) is 18.0 Å². The van der Waals surface area contributed by atoms with Gasteiger partial charge in [0.1, 0.15) is 0 Å². The molecule has 8 nitrogen and oxygen atoms in total. The van der Waals surface area contributed by atoms with Gasteiger partial charge in [-0.25, -0.2) is 13.4 Å². The number of rotatable bonds is 8. The van der Waals surface area contributed by atoms with E-state index in [2.05, 4.69) is 14.8 Å². The van der Waals surface area contributed by atoms with Gasteiger partial charge in [-0.2, -0.15) is 4.31 Å². The van der Waals surface area contributed by atoms with Crippen LogP contribution in [0.2, 0.25) is 0 Å². The molecule has 204 valence electrons. The Morgan fingerprint density at radius 2 is 1.71 bits per heavy atom. The Balaban J connectivity index is 1.46. The number of nitrogens with zero attached hydrogens (tertiary/aromatic N) is 4. The van der Waals surface area contributed by atoms with E-state index < -0.39 is 10.0 Å². The van der Waals surface area contributed by atoms with Gasteiger partial charge in [-0.05, 0) is 44.5 Å². The fraction of sp³-hybridized carbons (Fsp3) is 0.464. The van der Waals surface area contributed by atoms with E-state index in [1.807, 2.05) is 56.3 Å². The molecule has 2 fully saturated rings. The monoisotopic (exact) mass is 556 g/mol. The molecule has 10 heteroatoms. The zero-order valence-electron chi connectivity index (χ0n) is 22.0. The number of ether oxygens (including phenoxy) is 2. The maximum atomic E-state index is 13.6. The van der Waals surface area contributed by atoms with Crippen molar-refractivity contribution in [3.8, 4) is 11.3 Å². The summed E-state index contributed by atoms with van der Waals surface area (Å²) in [6.07, 6.45) is 0.696. The van der Waals surface area contributed by atoms with Crippen molar-refractivity contribution >= 4 is 27.0 Å². The van der Waals surface area contributed by atoms with E-state index >= 15 is 0 Å². The molecule has 38 heavy (non-hydrogen) atoms. The Bertz CT molecular complexity index is 1370. The molecule has 0 bridgehead atoms. The van der Waals surface area contributed by atoms with Gasteiger partial charge >= 0.3 is 0 Å². The molecule has 3 aromatic rings. The van der Waals surface area contributed by atoms with E-state index in [9.17, 15) is 8.42 Å². The van der Waals surface area contributed by atoms with Crippen molar-refractivity contribution in [3.63, 3.8) is 0 Å². The van der Waals surface area contributed by atoms with Crippen molar-refractivity contribution in [2.45, 2.75) is 43.9 Å². The fourth-order valence-corrected chi connectivity index (χ4v) is 7.64. The van der Waals surface area contributed by atoms with Crippen molar-refractivity contribution in [1.29, 1.82) is 0 Å². The summed E-state index contributed by atoms with van der Waals surface area (Å²) in [5, 5.41) is 2.08. The predicted molar refractivity (Wildman–Crippen MR) is 150 cm³/mol. The molecule has 0 saturated carbocycles. The molecule has 5 rings (SSSR count). The molecule has 2 aromatic carbocycles. The standard InChI is InChI=1S/C28H36N4O4S2/c1-22-19-31(20-23(2)36-22)38(33,34)26-11-6-8-24(18-26)27-21-37-28(29-25-9-4-3-5-10-25)32(27)13-7-12-30-14-16-35-17-15-30/h3-6,8-11,18,21-23H,7,12-17,19-20H2,1-2H3. The number of para-hydroxylation sites is 1. The van der Waals surface area contributed by atoms with Gasteiger partial charge in [0.05, 0.1) is 41.7 Å². The highest BCUT2D eigenvalue weighted by molar-refractivity contribution is 7.89. The smallest absolute Gasteiger partial charge is 0.243 e. The van der Waals surface area contributed by atoms with E-state index in [1.54, 1.807) is 27.8 Å². The summed E-state index contributed by atoms with van der Waals surface area (Å²) < 4.78 is 42.2. The van der Waals surface area contributed by atoms with E-state index in [4.69, 9.17) is 14.5 Å². The number of hydrogen-bond donors (Lipinski definition) is 0. The minimum absolute atomic E-state index is 0.135. The summed E-state index contributed by atoms with van der Waals surface area (Å²) >= 11 is 1.58. The molecule has 2 atom stereocenters. The van der Waals surface area contributed by atoms with Crippen LogP contribution in [0.15, 0.2) is 69.9 Å². The highest BCUT2D eigenvalue weighted by Gasteiger charge is 2.32. The third-order valence-corrected chi connectivity index (χ3v) is 9.58. The van der Waals surface area contributed by atoms with Crippen LogP contribution in [0.5, 0.6) is 0 Å². The van der Waals surface area contributed by atoms with Crippen LogP contribution in [-0.2, 0) is 26.0 Å². The topological polar surface area (TPSA) is 76.4 Å². The van der Waals surface area contributed by atoms with E-state index in [0.717, 1.165) is 67.6 Å². The van der Waals surface area contributed by atoms with Crippen LogP contribution in [-0.4, -0.2) is 80.3 Å². The SMILES string of the molecule is CC1CN(S(=O)(=O)c2cccc(-c3csc(=Nc4ccccc4)n3CCCN3CCOCC3)c2)CC(C)O1. The lowest BCUT2D eigenvalue weighted by Gasteiger charge is -2.34. The van der Waals surface area contributed by atoms with Crippen LogP contribution in [0.25, 0.3) is 11.3 Å². The lowest BCUT2D eigenvalue weighted by Crippen LogP contribution is -2.48. The minimum atomic E-state index is -3.64. The normalized spacial score (nSPS) is 22.1. The lowest BCUT2D eigenvalue weighted by molar-refractivity contribution is -0.0440. The molecule has 2 unspecified atom stereocenters. The van der Waals surface area contributed by atoms with E-state index in [1.165, 1.54) is 0 Å². The first kappa shape index (κ1) is 27.2. The van der Waals surface area contributed by atoms with Crippen LogP contribution < -0.4 is 4.80 Å². The summed E-state index contributed by atoms with van der Waals surface area (Å²) in [4.78, 5) is 8.56. The van der Waals surface area contributed by atoms with Gasteiger partial charge in [-0.15, -0.1) is 11.3 Å². The van der Waals surface area contributed by atoms with Gasteiger partial charge in [0.15, 0.2) is 4.80 Å². The van der Waals surface area contributed by atoms with Gasteiger partial charge in [0, 0.05) is 50.2 Å². The molecule has 3 heterocycles. The highest BCUT2D eigenvalue weighted by Crippen LogP contribution is 2.27. The number of benzene rings is 2. The quantitative estimate of drug-likeness (QED) is 0.420. The number of thiazole rings is 1. The Hall–Kier alpha value is -2.34. The average Bonchev–Trinajstić information content (AvgIpc) is 3.31. The number of sulfonamides is 1. The second-order valence-corrected chi connectivity index (χ2v) is 12.7. The van der Waals surface area contributed by atoms with Crippen LogP contribution in [0.3, 0.4) is 0 Å². The van der Waals surface area contributed by atoms with Crippen molar-refractivity contribution < 1.29 is 17.9 Å². The molecule has 0 radical (unpaired) electrons. The first-order valence-corrected chi connectivity index (χ1v) is 15.6. The lowest BCUT2D eigenvalue weighted by atomic mass is 10.1. The van der Waals surface area contributed by atoms with Crippen LogP contribution >= 0.6 is 11.3 Å². The summed E-state index contributed by atoms with van der Waals surface area (Å²) in [7, 11) is -3.64. The van der Waals surface area contributed by atoms with Gasteiger partial charge in [-0.1, -0.05) is 30.3 Å². The molecule has 0 N–H and O–H groups in total. The van der Waals surface area contributed by atoms with Crippen LogP contribution in [0.4, 0.5) is 5.69 Å². The zero-order valence-corrected chi connectivity index (χ0v) is 23.7. The molecule has 0 spiro atoms. The highest BCUT2D eigenvalue weighted by atomic mass is 32.2. The third kappa shape index (κ3) is 6.44. The molecule has 1 aromatic heterocycles. The summed E-state index contributed by atoms with van der Waals surface area (Å²) in [5.41, 5.74) is 2.75. The number of morpholine rings is 2. The molecule has 2 aliphatic rings. The summed E-state index contributed by atoms with van der Waals surface area (Å²) in [6.45, 7) is 9.81. The van der Waals surface area contributed by atoms with Crippen molar-refractivity contribution in [2.75, 3.05) is 45.9 Å². The van der Waals surface area contributed by atoms with Crippen LogP contribution in [0.1, 0.15) is 20.3 Å². The Morgan fingerprint density at radius 3 is 2.45 bits per heavy atom. The average molecular weight is 557 g/mol. The van der Waals surface area contributed by atoms with Gasteiger partial charge in [0.2, 0.25) is 10.0 Å². The van der Waals surface area contributed by atoms with E-state index in [-0.39, 0.29) is 12.2 Å². The zero-order chi connectivity index (χ0) is 26.5. The van der Waals surface area contributed by atoms with Gasteiger partial charge in [0.25, 0.3) is 0 Å². The molecular weight excluding hydrogens is 520 g/mol. The molecule has 2 saturated heterocycles. The first-order chi connectivity index (χ1) is 18.4. The fourth-order valence-electron chi connectivity index (χ4n) is 5.05. The molecular formula is C28H36N4O4S2. The number of aromatic nitrogens is 1. The maximum absolute atomic E-state index is 13.6. The van der Waals surface area contributed by atoms with Crippen LogP contribution in [0, 0.1) is 0 Å². The Labute approximate surface area is 229 Å². The van der Waals surface area contributed by atoms with Crippen molar-refractivity contribution in [3.05, 3.63) is 64.8 Å². The second-order valence-electron chi connectivity index (χ2n) is 9.92. The molecule has 0 amide bonds.